The van der Waals surface area contributed by atoms with Gasteiger partial charge in [0.25, 0.3) is 0 Å². The summed E-state index contributed by atoms with van der Waals surface area (Å²) >= 11 is 0. The fourth-order valence-corrected chi connectivity index (χ4v) is 2.00. The highest BCUT2D eigenvalue weighted by atomic mass is 19.1. The largest absolute Gasteiger partial charge is 0.491 e. The summed E-state index contributed by atoms with van der Waals surface area (Å²) in [6.07, 6.45) is 0. The number of rotatable bonds is 10. The predicted molar refractivity (Wildman–Crippen MR) is 81.4 cm³/mol. The van der Waals surface area contributed by atoms with Crippen molar-refractivity contribution in [2.75, 3.05) is 40.1 Å². The number of methoxy groups -OCH3 is 1. The van der Waals surface area contributed by atoms with Crippen LogP contribution < -0.4 is 10.1 Å². The second kappa shape index (κ2) is 9.71. The molecule has 0 aliphatic carbocycles. The van der Waals surface area contributed by atoms with E-state index in [1.807, 2.05) is 13.8 Å². The molecule has 1 aromatic rings. The van der Waals surface area contributed by atoms with Crippen LogP contribution in [-0.4, -0.2) is 40.1 Å². The molecule has 4 nitrogen and oxygen atoms in total. The van der Waals surface area contributed by atoms with Gasteiger partial charge in [0, 0.05) is 18.7 Å². The van der Waals surface area contributed by atoms with Gasteiger partial charge in [-0.15, -0.1) is 0 Å². The Morgan fingerprint density at radius 2 is 1.90 bits per heavy atom. The molecule has 0 radical (unpaired) electrons. The summed E-state index contributed by atoms with van der Waals surface area (Å²) in [6.45, 7) is 8.59. The molecule has 1 unspecified atom stereocenters. The van der Waals surface area contributed by atoms with Crippen molar-refractivity contribution in [1.29, 1.82) is 0 Å². The first kappa shape index (κ1) is 17.9. The first-order valence-corrected chi connectivity index (χ1v) is 7.33. The van der Waals surface area contributed by atoms with E-state index < -0.39 is 0 Å². The van der Waals surface area contributed by atoms with Crippen molar-refractivity contribution in [3.8, 4) is 5.75 Å². The van der Waals surface area contributed by atoms with Crippen molar-refractivity contribution < 1.29 is 18.6 Å². The molecule has 0 aliphatic heterocycles. The van der Waals surface area contributed by atoms with Gasteiger partial charge in [0.1, 0.15) is 18.2 Å². The van der Waals surface area contributed by atoms with Gasteiger partial charge in [0.2, 0.25) is 0 Å². The molecule has 0 amide bonds. The van der Waals surface area contributed by atoms with Crippen molar-refractivity contribution >= 4 is 0 Å². The Bertz CT molecular complexity index is 426. The molecule has 0 saturated heterocycles. The molecule has 21 heavy (non-hydrogen) atoms. The Balaban J connectivity index is 2.64. The van der Waals surface area contributed by atoms with E-state index in [0.29, 0.717) is 37.7 Å². The lowest BCUT2D eigenvalue weighted by molar-refractivity contribution is 0.0542. The monoisotopic (exact) mass is 299 g/mol. The minimum Gasteiger partial charge on any atom is -0.491 e. The average molecular weight is 299 g/mol. The summed E-state index contributed by atoms with van der Waals surface area (Å²) in [5.74, 6) is 0.496. The van der Waals surface area contributed by atoms with E-state index in [0.717, 1.165) is 12.1 Å². The van der Waals surface area contributed by atoms with Gasteiger partial charge < -0.3 is 19.5 Å². The average Bonchev–Trinajstić information content (AvgIpc) is 2.46. The molecule has 0 spiro atoms. The van der Waals surface area contributed by atoms with E-state index in [1.165, 1.54) is 0 Å². The first-order chi connectivity index (χ1) is 10.1. The van der Waals surface area contributed by atoms with Gasteiger partial charge >= 0.3 is 0 Å². The van der Waals surface area contributed by atoms with Crippen LogP contribution in [0.5, 0.6) is 5.75 Å². The number of ether oxygens (including phenoxy) is 3. The van der Waals surface area contributed by atoms with Gasteiger partial charge in [-0.2, -0.15) is 0 Å². The molecular weight excluding hydrogens is 273 g/mol. The molecule has 1 rings (SSSR count). The van der Waals surface area contributed by atoms with Gasteiger partial charge in [-0.05, 0) is 38.1 Å². The highest BCUT2D eigenvalue weighted by molar-refractivity contribution is 5.40. The molecular formula is C16H26FNO3. The minimum absolute atomic E-state index is 0.0366. The molecule has 0 fully saturated rings. The number of nitrogens with one attached hydrogen (secondary N) is 1. The second-order valence-corrected chi connectivity index (χ2v) is 4.87. The normalized spacial score (nSPS) is 12.4. The van der Waals surface area contributed by atoms with Crippen LogP contribution in [0.2, 0.25) is 0 Å². The zero-order chi connectivity index (χ0) is 15.7. The predicted octanol–water partition coefficient (Wildman–Crippen LogP) is 2.85. The third-order valence-corrected chi connectivity index (χ3v) is 3.18. The second-order valence-electron chi connectivity index (χ2n) is 4.87. The fourth-order valence-electron chi connectivity index (χ4n) is 2.00. The third-order valence-electron chi connectivity index (χ3n) is 3.18. The van der Waals surface area contributed by atoms with Crippen molar-refractivity contribution in [2.45, 2.75) is 26.8 Å². The van der Waals surface area contributed by atoms with Crippen LogP contribution in [0, 0.1) is 12.7 Å². The van der Waals surface area contributed by atoms with Crippen LogP contribution in [0.4, 0.5) is 4.39 Å². The van der Waals surface area contributed by atoms with Crippen molar-refractivity contribution in [3.05, 3.63) is 29.1 Å². The van der Waals surface area contributed by atoms with Crippen LogP contribution in [0.25, 0.3) is 0 Å². The van der Waals surface area contributed by atoms with Gasteiger partial charge in [0.15, 0.2) is 0 Å². The smallest absolute Gasteiger partial charge is 0.126 e. The molecule has 0 bridgehead atoms. The van der Waals surface area contributed by atoms with Gasteiger partial charge in [-0.1, -0.05) is 6.92 Å². The highest BCUT2D eigenvalue weighted by Gasteiger charge is 2.14. The maximum absolute atomic E-state index is 13.8. The van der Waals surface area contributed by atoms with E-state index >= 15 is 0 Å². The summed E-state index contributed by atoms with van der Waals surface area (Å²) in [5.41, 5.74) is 1.41. The highest BCUT2D eigenvalue weighted by Crippen LogP contribution is 2.28. The van der Waals surface area contributed by atoms with Gasteiger partial charge in [-0.25, -0.2) is 4.39 Å². The maximum Gasteiger partial charge on any atom is 0.126 e. The van der Waals surface area contributed by atoms with E-state index in [-0.39, 0.29) is 11.9 Å². The molecule has 1 N–H and O–H groups in total. The molecule has 0 aliphatic rings. The lowest BCUT2D eigenvalue weighted by atomic mass is 10.0. The summed E-state index contributed by atoms with van der Waals surface area (Å²) in [5, 5.41) is 3.27. The van der Waals surface area contributed by atoms with E-state index in [4.69, 9.17) is 14.2 Å². The van der Waals surface area contributed by atoms with Crippen LogP contribution in [0.15, 0.2) is 12.1 Å². The van der Waals surface area contributed by atoms with Crippen LogP contribution >= 0.6 is 0 Å². The van der Waals surface area contributed by atoms with Crippen molar-refractivity contribution in [3.63, 3.8) is 0 Å². The number of hydrogen-bond donors (Lipinski definition) is 1. The molecule has 1 atom stereocenters. The summed E-state index contributed by atoms with van der Waals surface area (Å²) < 4.78 is 29.8. The van der Waals surface area contributed by atoms with E-state index in [2.05, 4.69) is 5.32 Å². The molecule has 5 heteroatoms. The van der Waals surface area contributed by atoms with Crippen molar-refractivity contribution in [2.24, 2.45) is 0 Å². The topological polar surface area (TPSA) is 39.7 Å². The zero-order valence-electron chi connectivity index (χ0n) is 13.4. The standard InChI is InChI=1S/C16H26FNO3/c1-5-18-13(3)14-11-15(17)12(2)10-16(14)21-9-8-20-7-6-19-4/h10-11,13,18H,5-9H2,1-4H3. The Kier molecular flexibility index (Phi) is 8.27. The lowest BCUT2D eigenvalue weighted by Gasteiger charge is -2.19. The minimum atomic E-state index is -0.210. The molecule has 0 saturated carbocycles. The molecule has 120 valence electrons. The Labute approximate surface area is 126 Å². The van der Waals surface area contributed by atoms with Crippen LogP contribution in [0.1, 0.15) is 31.0 Å². The molecule has 0 heterocycles. The maximum atomic E-state index is 13.8. The van der Waals surface area contributed by atoms with Gasteiger partial charge in [0.05, 0.1) is 19.8 Å². The summed E-state index contributed by atoms with van der Waals surface area (Å²) in [4.78, 5) is 0. The summed E-state index contributed by atoms with van der Waals surface area (Å²) in [7, 11) is 1.63. The van der Waals surface area contributed by atoms with Gasteiger partial charge in [-0.3, -0.25) is 0 Å². The Morgan fingerprint density at radius 1 is 1.19 bits per heavy atom. The quantitative estimate of drug-likeness (QED) is 0.674. The molecule has 0 aromatic heterocycles. The zero-order valence-corrected chi connectivity index (χ0v) is 13.4. The fraction of sp³-hybridized carbons (Fsp3) is 0.625. The van der Waals surface area contributed by atoms with Crippen LogP contribution in [0.3, 0.4) is 0 Å². The lowest BCUT2D eigenvalue weighted by Crippen LogP contribution is -2.19. The SMILES string of the molecule is CCNC(C)c1cc(F)c(C)cc1OCCOCCOC. The molecule has 1 aromatic carbocycles. The summed E-state index contributed by atoms with van der Waals surface area (Å²) in [6, 6.07) is 3.33. The number of hydrogen-bond acceptors (Lipinski definition) is 4. The van der Waals surface area contributed by atoms with E-state index in [1.54, 1.807) is 26.2 Å². The number of benzene rings is 1. The first-order valence-electron chi connectivity index (χ1n) is 7.33. The van der Waals surface area contributed by atoms with Crippen LogP contribution in [-0.2, 0) is 9.47 Å². The third kappa shape index (κ3) is 5.99. The number of aryl methyl sites for hydroxylation is 1. The Hall–Kier alpha value is -1.17. The van der Waals surface area contributed by atoms with E-state index in [9.17, 15) is 4.39 Å². The Morgan fingerprint density at radius 3 is 2.57 bits per heavy atom. The number of halogens is 1. The van der Waals surface area contributed by atoms with Crippen molar-refractivity contribution in [1.82, 2.24) is 5.32 Å².